The third-order valence-electron chi connectivity index (χ3n) is 6.09. The van der Waals surface area contributed by atoms with E-state index in [0.29, 0.717) is 12.5 Å². The Morgan fingerprint density at radius 1 is 1.07 bits per heavy atom. The van der Waals surface area contributed by atoms with Crippen LogP contribution in [0.4, 0.5) is 0 Å². The van der Waals surface area contributed by atoms with Crippen molar-refractivity contribution in [2.75, 3.05) is 7.05 Å². The zero-order valence-electron chi connectivity index (χ0n) is 16.2. The van der Waals surface area contributed by atoms with Gasteiger partial charge in [0, 0.05) is 13.5 Å². The van der Waals surface area contributed by atoms with E-state index in [4.69, 9.17) is 4.74 Å². The van der Waals surface area contributed by atoms with Gasteiger partial charge in [0.05, 0.1) is 12.1 Å². The van der Waals surface area contributed by atoms with E-state index in [0.717, 1.165) is 37.9 Å². The molecular weight excluding hydrogens is 334 g/mol. The predicted octanol–water partition coefficient (Wildman–Crippen LogP) is 5.09. The summed E-state index contributed by atoms with van der Waals surface area (Å²) >= 11 is 0. The molecule has 142 valence electrons. The maximum atomic E-state index is 12.8. The van der Waals surface area contributed by atoms with Crippen molar-refractivity contribution < 1.29 is 9.53 Å². The van der Waals surface area contributed by atoms with E-state index in [9.17, 15) is 4.79 Å². The van der Waals surface area contributed by atoms with Crippen molar-refractivity contribution in [3.8, 4) is 5.75 Å². The normalized spacial score (nSPS) is 19.1. The van der Waals surface area contributed by atoms with Gasteiger partial charge in [-0.05, 0) is 73.8 Å². The van der Waals surface area contributed by atoms with Crippen LogP contribution in [0.25, 0.3) is 0 Å². The molecule has 1 amide bonds. The van der Waals surface area contributed by atoms with Crippen LogP contribution < -0.4 is 4.74 Å². The number of ether oxygens (including phenoxy) is 1. The summed E-state index contributed by atoms with van der Waals surface area (Å²) < 4.78 is 6.10. The minimum absolute atomic E-state index is 0.221. The highest BCUT2D eigenvalue weighted by atomic mass is 16.5. The van der Waals surface area contributed by atoms with Crippen LogP contribution in [0.5, 0.6) is 5.75 Å². The smallest absolute Gasteiger partial charge is 0.223 e. The number of benzene rings is 2. The van der Waals surface area contributed by atoms with Gasteiger partial charge in [0.1, 0.15) is 5.75 Å². The van der Waals surface area contributed by atoms with Crippen LogP contribution in [-0.4, -0.2) is 24.0 Å². The molecule has 0 saturated heterocycles. The van der Waals surface area contributed by atoms with Crippen LogP contribution in [-0.2, 0) is 17.6 Å². The van der Waals surface area contributed by atoms with E-state index in [2.05, 4.69) is 36.4 Å². The lowest BCUT2D eigenvalue weighted by Gasteiger charge is -2.25. The van der Waals surface area contributed by atoms with Gasteiger partial charge in [-0.25, -0.2) is 0 Å². The average Bonchev–Trinajstić information content (AvgIpc) is 3.35. The summed E-state index contributed by atoms with van der Waals surface area (Å²) in [7, 11) is 1.95. The fourth-order valence-corrected chi connectivity index (χ4v) is 4.51. The first-order valence-corrected chi connectivity index (χ1v) is 10.3. The third kappa shape index (κ3) is 4.18. The number of hydrogen-bond donors (Lipinski definition) is 0. The molecule has 0 bridgehead atoms. The summed E-state index contributed by atoms with van der Waals surface area (Å²) in [5, 5.41) is 0. The van der Waals surface area contributed by atoms with Crippen LogP contribution in [0.1, 0.15) is 61.3 Å². The summed E-state index contributed by atoms with van der Waals surface area (Å²) in [6, 6.07) is 17.0. The second kappa shape index (κ2) is 8.16. The van der Waals surface area contributed by atoms with Crippen LogP contribution in [0.15, 0.2) is 48.5 Å². The number of carbonyl (C=O) groups excluding carboxylic acids is 1. The van der Waals surface area contributed by atoms with Gasteiger partial charge in [0.15, 0.2) is 0 Å². The molecular formula is C24H29NO2. The molecule has 27 heavy (non-hydrogen) atoms. The minimum atomic E-state index is 0.221. The fraction of sp³-hybridized carbons (Fsp3) is 0.458. The Bertz CT molecular complexity index is 794. The summed E-state index contributed by atoms with van der Waals surface area (Å²) in [6.45, 7) is 0. The molecule has 3 heteroatoms. The van der Waals surface area contributed by atoms with Crippen molar-refractivity contribution in [2.45, 2.75) is 63.5 Å². The van der Waals surface area contributed by atoms with Gasteiger partial charge < -0.3 is 9.64 Å². The van der Waals surface area contributed by atoms with Crippen molar-refractivity contribution in [3.05, 3.63) is 65.2 Å². The Balaban J connectivity index is 1.34. The summed E-state index contributed by atoms with van der Waals surface area (Å²) in [4.78, 5) is 14.7. The van der Waals surface area contributed by atoms with E-state index in [1.165, 1.54) is 29.5 Å². The molecule has 0 heterocycles. The highest BCUT2D eigenvalue weighted by molar-refractivity contribution is 5.77. The molecule has 0 N–H and O–H groups in total. The van der Waals surface area contributed by atoms with Crippen LogP contribution in [0.3, 0.4) is 0 Å². The predicted molar refractivity (Wildman–Crippen MR) is 108 cm³/mol. The standard InChI is InChI=1S/C24H29NO2/c1-25(23-15-14-19-8-2-5-12-22(19)23)24(26)16-13-18-7-6-11-21(17-18)27-20-9-3-4-10-20/h2,5-8,11-12,17,20,23H,3-4,9-10,13-16H2,1H3. The fourth-order valence-electron chi connectivity index (χ4n) is 4.51. The van der Waals surface area contributed by atoms with E-state index in [-0.39, 0.29) is 11.9 Å². The zero-order valence-corrected chi connectivity index (χ0v) is 16.2. The lowest BCUT2D eigenvalue weighted by atomic mass is 10.1. The Hall–Kier alpha value is -2.29. The molecule has 4 rings (SSSR count). The minimum Gasteiger partial charge on any atom is -0.490 e. The maximum Gasteiger partial charge on any atom is 0.223 e. The SMILES string of the molecule is CN(C(=O)CCc1cccc(OC2CCCC2)c1)C1CCc2ccccc21. The van der Waals surface area contributed by atoms with Crippen LogP contribution in [0.2, 0.25) is 0 Å². The highest BCUT2D eigenvalue weighted by Crippen LogP contribution is 2.35. The number of rotatable bonds is 6. The topological polar surface area (TPSA) is 29.5 Å². The molecule has 2 aliphatic rings. The molecule has 0 aromatic heterocycles. The van der Waals surface area contributed by atoms with Crippen LogP contribution in [0, 0.1) is 0 Å². The second-order valence-electron chi connectivity index (χ2n) is 7.93. The zero-order chi connectivity index (χ0) is 18.6. The van der Waals surface area contributed by atoms with E-state index >= 15 is 0 Å². The van der Waals surface area contributed by atoms with E-state index in [1.807, 2.05) is 24.1 Å². The number of nitrogens with zero attached hydrogens (tertiary/aromatic N) is 1. The summed E-state index contributed by atoms with van der Waals surface area (Å²) in [6.07, 6.45) is 8.65. The van der Waals surface area contributed by atoms with Crippen molar-refractivity contribution in [1.29, 1.82) is 0 Å². The van der Waals surface area contributed by atoms with E-state index in [1.54, 1.807) is 0 Å². The lowest BCUT2D eigenvalue weighted by molar-refractivity contribution is -0.132. The van der Waals surface area contributed by atoms with Gasteiger partial charge in [-0.15, -0.1) is 0 Å². The molecule has 2 aromatic carbocycles. The van der Waals surface area contributed by atoms with Crippen molar-refractivity contribution in [2.24, 2.45) is 0 Å². The Morgan fingerprint density at radius 3 is 2.74 bits per heavy atom. The largest absolute Gasteiger partial charge is 0.490 e. The quantitative estimate of drug-likeness (QED) is 0.716. The molecule has 2 aliphatic carbocycles. The number of amides is 1. The van der Waals surface area contributed by atoms with Crippen molar-refractivity contribution >= 4 is 5.91 Å². The second-order valence-corrected chi connectivity index (χ2v) is 7.93. The number of aryl methyl sites for hydroxylation is 2. The number of hydrogen-bond acceptors (Lipinski definition) is 2. The number of fused-ring (bicyclic) bond motifs is 1. The molecule has 1 unspecified atom stereocenters. The molecule has 0 radical (unpaired) electrons. The van der Waals surface area contributed by atoms with Gasteiger partial charge in [-0.1, -0.05) is 36.4 Å². The summed E-state index contributed by atoms with van der Waals surface area (Å²) in [5.41, 5.74) is 3.89. The summed E-state index contributed by atoms with van der Waals surface area (Å²) in [5.74, 6) is 1.17. The first-order valence-electron chi connectivity index (χ1n) is 10.3. The van der Waals surface area contributed by atoms with Gasteiger partial charge >= 0.3 is 0 Å². The Kier molecular flexibility index (Phi) is 5.47. The van der Waals surface area contributed by atoms with Crippen molar-refractivity contribution in [3.63, 3.8) is 0 Å². The van der Waals surface area contributed by atoms with Gasteiger partial charge in [0.2, 0.25) is 5.91 Å². The average molecular weight is 364 g/mol. The monoisotopic (exact) mass is 363 g/mol. The molecule has 0 aliphatic heterocycles. The van der Waals surface area contributed by atoms with Gasteiger partial charge in [0.25, 0.3) is 0 Å². The van der Waals surface area contributed by atoms with E-state index < -0.39 is 0 Å². The Morgan fingerprint density at radius 2 is 1.89 bits per heavy atom. The van der Waals surface area contributed by atoms with Crippen molar-refractivity contribution in [1.82, 2.24) is 4.90 Å². The van der Waals surface area contributed by atoms with Gasteiger partial charge in [-0.3, -0.25) is 4.79 Å². The van der Waals surface area contributed by atoms with Gasteiger partial charge in [-0.2, -0.15) is 0 Å². The van der Waals surface area contributed by atoms with Crippen LogP contribution >= 0.6 is 0 Å². The molecule has 1 fully saturated rings. The number of carbonyl (C=O) groups is 1. The first-order chi connectivity index (χ1) is 13.2. The lowest BCUT2D eigenvalue weighted by Crippen LogP contribution is -2.30. The molecule has 1 atom stereocenters. The third-order valence-corrected chi connectivity index (χ3v) is 6.09. The molecule has 1 saturated carbocycles. The molecule has 0 spiro atoms. The first kappa shape index (κ1) is 18.1. The molecule has 2 aromatic rings. The highest BCUT2D eigenvalue weighted by Gasteiger charge is 2.28. The Labute approximate surface area is 162 Å². The maximum absolute atomic E-state index is 12.8. The molecule has 3 nitrogen and oxygen atoms in total.